The van der Waals surface area contributed by atoms with Gasteiger partial charge < -0.3 is 11.1 Å². The van der Waals surface area contributed by atoms with Gasteiger partial charge in [-0.2, -0.15) is 0 Å². The number of benzene rings is 2. The van der Waals surface area contributed by atoms with Crippen LogP contribution >= 0.6 is 11.6 Å². The summed E-state index contributed by atoms with van der Waals surface area (Å²) in [7, 11) is 0. The zero-order valence-electron chi connectivity index (χ0n) is 10.8. The SMILES string of the molecule is Cc1cc(NC(=O)c2cc(N)cc(F)c2Cl)c(F)cc1F. The lowest BCUT2D eigenvalue weighted by Gasteiger charge is -2.10. The minimum Gasteiger partial charge on any atom is -0.399 e. The van der Waals surface area contributed by atoms with Gasteiger partial charge in [0.1, 0.15) is 17.5 Å². The van der Waals surface area contributed by atoms with Gasteiger partial charge in [-0.3, -0.25) is 4.79 Å². The van der Waals surface area contributed by atoms with Gasteiger partial charge in [0.25, 0.3) is 5.91 Å². The summed E-state index contributed by atoms with van der Waals surface area (Å²) in [5.41, 5.74) is 5.10. The highest BCUT2D eigenvalue weighted by Crippen LogP contribution is 2.25. The molecule has 0 unspecified atom stereocenters. The first-order chi connectivity index (χ1) is 9.79. The van der Waals surface area contributed by atoms with Crippen molar-refractivity contribution < 1.29 is 18.0 Å². The lowest BCUT2D eigenvalue weighted by Crippen LogP contribution is -2.15. The Morgan fingerprint density at radius 3 is 2.43 bits per heavy atom. The molecule has 21 heavy (non-hydrogen) atoms. The zero-order chi connectivity index (χ0) is 15.7. The fourth-order valence-electron chi connectivity index (χ4n) is 1.72. The summed E-state index contributed by atoms with van der Waals surface area (Å²) < 4.78 is 40.1. The van der Waals surface area contributed by atoms with Crippen LogP contribution in [0.5, 0.6) is 0 Å². The molecule has 0 saturated carbocycles. The van der Waals surface area contributed by atoms with Gasteiger partial charge in [0.2, 0.25) is 0 Å². The van der Waals surface area contributed by atoms with Crippen molar-refractivity contribution in [1.29, 1.82) is 0 Å². The van der Waals surface area contributed by atoms with Gasteiger partial charge in [-0.25, -0.2) is 13.2 Å². The third-order valence-corrected chi connectivity index (χ3v) is 3.18. The highest BCUT2D eigenvalue weighted by atomic mass is 35.5. The second-order valence-electron chi connectivity index (χ2n) is 4.40. The fourth-order valence-corrected chi connectivity index (χ4v) is 1.91. The number of carbonyl (C=O) groups is 1. The number of nitrogens with two attached hydrogens (primary N) is 1. The molecule has 0 radical (unpaired) electrons. The number of rotatable bonds is 2. The van der Waals surface area contributed by atoms with Gasteiger partial charge in [-0.1, -0.05) is 11.6 Å². The summed E-state index contributed by atoms with van der Waals surface area (Å²) in [5.74, 6) is -3.40. The van der Waals surface area contributed by atoms with Crippen LogP contribution in [0.15, 0.2) is 24.3 Å². The minimum absolute atomic E-state index is 0.00203. The lowest BCUT2D eigenvalue weighted by molar-refractivity contribution is 0.102. The molecule has 0 aliphatic rings. The first kappa shape index (κ1) is 15.2. The molecule has 7 heteroatoms. The van der Waals surface area contributed by atoms with E-state index in [9.17, 15) is 18.0 Å². The predicted molar refractivity (Wildman–Crippen MR) is 74.9 cm³/mol. The van der Waals surface area contributed by atoms with E-state index in [1.807, 2.05) is 0 Å². The highest BCUT2D eigenvalue weighted by Gasteiger charge is 2.17. The van der Waals surface area contributed by atoms with E-state index < -0.39 is 28.4 Å². The molecule has 2 aromatic rings. The van der Waals surface area contributed by atoms with E-state index in [1.165, 1.54) is 6.92 Å². The number of anilines is 2. The molecular weight excluding hydrogens is 305 g/mol. The van der Waals surface area contributed by atoms with E-state index in [0.29, 0.717) is 6.07 Å². The van der Waals surface area contributed by atoms with E-state index in [1.54, 1.807) is 0 Å². The standard InChI is InChI=1S/C14H10ClF3N2O/c1-6-2-12(10(17)5-9(6)16)20-14(21)8-3-7(19)4-11(18)13(8)15/h2-5H,19H2,1H3,(H,20,21). The molecule has 0 aromatic heterocycles. The molecule has 0 bridgehead atoms. The lowest BCUT2D eigenvalue weighted by atomic mass is 10.1. The fraction of sp³-hybridized carbons (Fsp3) is 0.0714. The molecule has 0 aliphatic heterocycles. The third-order valence-electron chi connectivity index (χ3n) is 2.79. The smallest absolute Gasteiger partial charge is 0.257 e. The molecule has 3 N–H and O–H groups in total. The van der Waals surface area contributed by atoms with Gasteiger partial charge >= 0.3 is 0 Å². The topological polar surface area (TPSA) is 55.1 Å². The van der Waals surface area contributed by atoms with Gasteiger partial charge in [0.05, 0.1) is 16.3 Å². The van der Waals surface area contributed by atoms with Gasteiger partial charge in [0.15, 0.2) is 0 Å². The van der Waals surface area contributed by atoms with Crippen LogP contribution in [0.25, 0.3) is 0 Å². The normalized spacial score (nSPS) is 10.5. The number of hydrogen-bond acceptors (Lipinski definition) is 2. The predicted octanol–water partition coefficient (Wildman–Crippen LogP) is 3.90. The van der Waals surface area contributed by atoms with Gasteiger partial charge in [-0.05, 0) is 30.7 Å². The molecule has 0 spiro atoms. The Morgan fingerprint density at radius 2 is 1.76 bits per heavy atom. The van der Waals surface area contributed by atoms with Crippen molar-refractivity contribution >= 4 is 28.9 Å². The van der Waals surface area contributed by atoms with Gasteiger partial charge in [-0.15, -0.1) is 0 Å². The molecule has 0 heterocycles. The minimum atomic E-state index is -0.952. The molecule has 2 aromatic carbocycles. The molecule has 110 valence electrons. The van der Waals surface area contributed by atoms with Crippen LogP contribution in [0.1, 0.15) is 15.9 Å². The Bertz CT molecular complexity index is 735. The van der Waals surface area contributed by atoms with Crippen molar-refractivity contribution in [2.24, 2.45) is 0 Å². The molecule has 1 amide bonds. The quantitative estimate of drug-likeness (QED) is 0.826. The van der Waals surface area contributed by atoms with E-state index in [0.717, 1.165) is 18.2 Å². The average molecular weight is 315 g/mol. The van der Waals surface area contributed by atoms with Crippen LogP contribution in [-0.2, 0) is 0 Å². The van der Waals surface area contributed by atoms with Crippen molar-refractivity contribution in [3.05, 3.63) is 57.9 Å². The Labute approximate surface area is 123 Å². The number of amides is 1. The maximum absolute atomic E-state index is 13.6. The van der Waals surface area contributed by atoms with Crippen molar-refractivity contribution in [2.75, 3.05) is 11.1 Å². The number of nitrogens with one attached hydrogen (secondary N) is 1. The maximum atomic E-state index is 13.6. The number of carbonyl (C=O) groups excluding carboxylic acids is 1. The summed E-state index contributed by atoms with van der Waals surface area (Å²) in [6.45, 7) is 1.41. The second kappa shape index (κ2) is 5.65. The largest absolute Gasteiger partial charge is 0.399 e. The number of halogens is 4. The molecule has 0 aliphatic carbocycles. The summed E-state index contributed by atoms with van der Waals surface area (Å²) in [5, 5.41) is 1.77. The molecular formula is C14H10ClF3N2O. The average Bonchev–Trinajstić information content (AvgIpc) is 2.40. The van der Waals surface area contributed by atoms with E-state index in [-0.39, 0.29) is 22.5 Å². The summed E-state index contributed by atoms with van der Waals surface area (Å²) in [6.07, 6.45) is 0. The summed E-state index contributed by atoms with van der Waals surface area (Å²) in [4.78, 5) is 12.0. The van der Waals surface area contributed by atoms with Crippen LogP contribution in [0.4, 0.5) is 24.5 Å². The summed E-state index contributed by atoms with van der Waals surface area (Å²) >= 11 is 5.68. The Morgan fingerprint density at radius 1 is 1.10 bits per heavy atom. The molecule has 0 saturated heterocycles. The van der Waals surface area contributed by atoms with Crippen molar-refractivity contribution in [1.82, 2.24) is 0 Å². The Balaban J connectivity index is 2.37. The second-order valence-corrected chi connectivity index (χ2v) is 4.78. The monoisotopic (exact) mass is 314 g/mol. The van der Waals surface area contributed by atoms with Crippen LogP contribution in [0, 0.1) is 24.4 Å². The third kappa shape index (κ3) is 3.11. The van der Waals surface area contributed by atoms with Gasteiger partial charge in [0, 0.05) is 11.8 Å². The highest BCUT2D eigenvalue weighted by molar-refractivity contribution is 6.34. The Hall–Kier alpha value is -2.21. The zero-order valence-corrected chi connectivity index (χ0v) is 11.6. The van der Waals surface area contributed by atoms with Crippen LogP contribution in [0.2, 0.25) is 5.02 Å². The molecule has 2 rings (SSSR count). The molecule has 0 atom stereocenters. The van der Waals surface area contributed by atoms with Crippen molar-refractivity contribution in [2.45, 2.75) is 6.92 Å². The van der Waals surface area contributed by atoms with Crippen LogP contribution in [-0.4, -0.2) is 5.91 Å². The number of hydrogen-bond donors (Lipinski definition) is 2. The van der Waals surface area contributed by atoms with Crippen molar-refractivity contribution in [3.8, 4) is 0 Å². The summed E-state index contributed by atoms with van der Waals surface area (Å²) in [6, 6.07) is 3.89. The van der Waals surface area contributed by atoms with E-state index in [2.05, 4.69) is 5.32 Å². The number of aryl methyl sites for hydroxylation is 1. The van der Waals surface area contributed by atoms with Crippen LogP contribution in [0.3, 0.4) is 0 Å². The van der Waals surface area contributed by atoms with Crippen molar-refractivity contribution in [3.63, 3.8) is 0 Å². The van der Waals surface area contributed by atoms with E-state index in [4.69, 9.17) is 17.3 Å². The van der Waals surface area contributed by atoms with E-state index >= 15 is 0 Å². The number of nitrogen functional groups attached to an aromatic ring is 1. The first-order valence-electron chi connectivity index (χ1n) is 5.81. The molecule has 0 fully saturated rings. The maximum Gasteiger partial charge on any atom is 0.257 e. The molecule has 3 nitrogen and oxygen atoms in total. The first-order valence-corrected chi connectivity index (χ1v) is 6.19. The Kier molecular flexibility index (Phi) is 4.09. The van der Waals surface area contributed by atoms with Crippen LogP contribution < -0.4 is 11.1 Å².